The second-order valence-electron chi connectivity index (χ2n) is 5.00. The maximum absolute atomic E-state index is 3.16. The highest BCUT2D eigenvalue weighted by Crippen LogP contribution is 2.09. The second kappa shape index (κ2) is 6.38. The fraction of sp³-hybridized carbons (Fsp3) is 1.00. The molecule has 0 aromatic carbocycles. The van der Waals surface area contributed by atoms with Crippen molar-refractivity contribution in [2.24, 2.45) is 0 Å². The largest absolute Gasteiger partial charge is 0.318 e. The van der Waals surface area contributed by atoms with Gasteiger partial charge in [-0.05, 0) is 41.9 Å². The van der Waals surface area contributed by atoms with Crippen molar-refractivity contribution in [2.75, 3.05) is 47.3 Å². The molecular formula is C11H27N3. The fourth-order valence-electron chi connectivity index (χ4n) is 1.07. The molecule has 86 valence electrons. The number of hydrogen-bond donors (Lipinski definition) is 1. The predicted molar refractivity (Wildman–Crippen MR) is 63.8 cm³/mol. The number of nitrogens with zero attached hydrogens (tertiary/aromatic N) is 2. The Bertz CT molecular complexity index is 140. The van der Waals surface area contributed by atoms with E-state index >= 15 is 0 Å². The Morgan fingerprint density at radius 3 is 2.00 bits per heavy atom. The standard InChI is InChI=1S/C11H27N3/c1-11(2,3)14(6)10-9-13(5)8-7-12-4/h12H,7-10H2,1-6H3. The smallest absolute Gasteiger partial charge is 0.0122 e. The van der Waals surface area contributed by atoms with Gasteiger partial charge in [0.15, 0.2) is 0 Å². The second-order valence-corrected chi connectivity index (χ2v) is 5.00. The van der Waals surface area contributed by atoms with Gasteiger partial charge >= 0.3 is 0 Å². The molecule has 3 nitrogen and oxygen atoms in total. The van der Waals surface area contributed by atoms with Crippen LogP contribution in [0.15, 0.2) is 0 Å². The summed E-state index contributed by atoms with van der Waals surface area (Å²) in [5, 5.41) is 3.16. The Balaban J connectivity index is 3.61. The van der Waals surface area contributed by atoms with Gasteiger partial charge in [-0.15, -0.1) is 0 Å². The molecule has 0 aliphatic carbocycles. The van der Waals surface area contributed by atoms with E-state index in [0.717, 1.165) is 26.2 Å². The molecule has 0 unspecified atom stereocenters. The molecule has 0 spiro atoms. The van der Waals surface area contributed by atoms with Crippen molar-refractivity contribution in [1.29, 1.82) is 0 Å². The minimum Gasteiger partial charge on any atom is -0.318 e. The minimum atomic E-state index is 0.282. The highest BCUT2D eigenvalue weighted by Gasteiger charge is 2.16. The highest BCUT2D eigenvalue weighted by atomic mass is 15.2. The molecule has 0 amide bonds. The van der Waals surface area contributed by atoms with Gasteiger partial charge in [0.1, 0.15) is 0 Å². The summed E-state index contributed by atoms with van der Waals surface area (Å²) >= 11 is 0. The zero-order chi connectivity index (χ0) is 11.2. The molecule has 0 rings (SSSR count). The Hall–Kier alpha value is -0.120. The lowest BCUT2D eigenvalue weighted by Gasteiger charge is -2.33. The van der Waals surface area contributed by atoms with Crippen LogP contribution in [0.25, 0.3) is 0 Å². The van der Waals surface area contributed by atoms with Crippen molar-refractivity contribution in [3.63, 3.8) is 0 Å². The molecule has 1 N–H and O–H groups in total. The summed E-state index contributed by atoms with van der Waals surface area (Å²) in [6, 6.07) is 0. The summed E-state index contributed by atoms with van der Waals surface area (Å²) in [5.74, 6) is 0. The van der Waals surface area contributed by atoms with Crippen LogP contribution in [0.5, 0.6) is 0 Å². The maximum Gasteiger partial charge on any atom is 0.0122 e. The van der Waals surface area contributed by atoms with Crippen LogP contribution in [0.2, 0.25) is 0 Å². The quantitative estimate of drug-likeness (QED) is 0.688. The van der Waals surface area contributed by atoms with Gasteiger partial charge in [-0.3, -0.25) is 0 Å². The van der Waals surface area contributed by atoms with E-state index in [1.807, 2.05) is 7.05 Å². The van der Waals surface area contributed by atoms with Crippen molar-refractivity contribution in [1.82, 2.24) is 15.1 Å². The molecule has 0 fully saturated rings. The van der Waals surface area contributed by atoms with E-state index in [-0.39, 0.29) is 5.54 Å². The van der Waals surface area contributed by atoms with Crippen molar-refractivity contribution in [3.05, 3.63) is 0 Å². The lowest BCUT2D eigenvalue weighted by molar-refractivity contribution is 0.155. The zero-order valence-corrected chi connectivity index (χ0v) is 10.7. The summed E-state index contributed by atoms with van der Waals surface area (Å²) in [6.07, 6.45) is 0. The third kappa shape index (κ3) is 6.35. The van der Waals surface area contributed by atoms with Crippen LogP contribution in [0.4, 0.5) is 0 Å². The fourth-order valence-corrected chi connectivity index (χ4v) is 1.07. The summed E-state index contributed by atoms with van der Waals surface area (Å²) in [7, 11) is 6.36. The van der Waals surface area contributed by atoms with E-state index in [9.17, 15) is 0 Å². The molecule has 0 saturated heterocycles. The van der Waals surface area contributed by atoms with Gasteiger partial charge in [0.2, 0.25) is 0 Å². The summed E-state index contributed by atoms with van der Waals surface area (Å²) in [6.45, 7) is 11.2. The molecule has 0 heterocycles. The molecule has 0 aromatic heterocycles. The van der Waals surface area contributed by atoms with E-state index in [4.69, 9.17) is 0 Å². The van der Waals surface area contributed by atoms with Gasteiger partial charge in [-0.2, -0.15) is 0 Å². The van der Waals surface area contributed by atoms with E-state index < -0.39 is 0 Å². The summed E-state index contributed by atoms with van der Waals surface area (Å²) in [5.41, 5.74) is 0.282. The van der Waals surface area contributed by atoms with Crippen LogP contribution in [0.1, 0.15) is 20.8 Å². The molecule has 0 atom stereocenters. The zero-order valence-electron chi connectivity index (χ0n) is 10.7. The van der Waals surface area contributed by atoms with Crippen LogP contribution in [-0.4, -0.2) is 62.7 Å². The molecule has 0 aliphatic rings. The van der Waals surface area contributed by atoms with Crippen LogP contribution in [-0.2, 0) is 0 Å². The van der Waals surface area contributed by atoms with Gasteiger partial charge in [0.25, 0.3) is 0 Å². The van der Waals surface area contributed by atoms with Gasteiger partial charge < -0.3 is 15.1 Å². The average molecular weight is 201 g/mol. The van der Waals surface area contributed by atoms with Crippen LogP contribution in [0.3, 0.4) is 0 Å². The van der Waals surface area contributed by atoms with Crippen LogP contribution in [0, 0.1) is 0 Å². The van der Waals surface area contributed by atoms with Crippen molar-refractivity contribution < 1.29 is 0 Å². The first-order valence-electron chi connectivity index (χ1n) is 5.42. The van der Waals surface area contributed by atoms with Gasteiger partial charge in [0.05, 0.1) is 0 Å². The van der Waals surface area contributed by atoms with E-state index in [1.54, 1.807) is 0 Å². The lowest BCUT2D eigenvalue weighted by Crippen LogP contribution is -2.43. The van der Waals surface area contributed by atoms with Crippen molar-refractivity contribution in [2.45, 2.75) is 26.3 Å². The minimum absolute atomic E-state index is 0.282. The van der Waals surface area contributed by atoms with Crippen LogP contribution >= 0.6 is 0 Å². The summed E-state index contributed by atoms with van der Waals surface area (Å²) in [4.78, 5) is 4.75. The van der Waals surface area contributed by atoms with E-state index in [0.29, 0.717) is 0 Å². The molecule has 0 saturated carbocycles. The summed E-state index contributed by atoms with van der Waals surface area (Å²) < 4.78 is 0. The molecular weight excluding hydrogens is 174 g/mol. The first-order chi connectivity index (χ1) is 6.38. The van der Waals surface area contributed by atoms with Crippen molar-refractivity contribution >= 4 is 0 Å². The molecule has 3 heteroatoms. The Kier molecular flexibility index (Phi) is 6.33. The molecule has 0 aromatic rings. The third-order valence-corrected chi connectivity index (χ3v) is 2.71. The topological polar surface area (TPSA) is 18.5 Å². The molecule has 0 radical (unpaired) electrons. The van der Waals surface area contributed by atoms with Crippen molar-refractivity contribution in [3.8, 4) is 0 Å². The number of likely N-dealkylation sites (N-methyl/N-ethyl adjacent to an activating group) is 3. The van der Waals surface area contributed by atoms with Gasteiger partial charge in [-0.25, -0.2) is 0 Å². The lowest BCUT2D eigenvalue weighted by atomic mass is 10.1. The first-order valence-corrected chi connectivity index (χ1v) is 5.42. The molecule has 14 heavy (non-hydrogen) atoms. The van der Waals surface area contributed by atoms with Gasteiger partial charge in [0, 0.05) is 31.7 Å². The Labute approximate surface area is 89.5 Å². The molecule has 0 aliphatic heterocycles. The first kappa shape index (κ1) is 13.9. The monoisotopic (exact) mass is 201 g/mol. The Morgan fingerprint density at radius 2 is 1.57 bits per heavy atom. The normalized spacial score (nSPS) is 12.9. The number of rotatable bonds is 6. The van der Waals surface area contributed by atoms with E-state index in [2.05, 4.69) is 50.0 Å². The predicted octanol–water partition coefficient (Wildman–Crippen LogP) is 0.868. The van der Waals surface area contributed by atoms with Crippen LogP contribution < -0.4 is 5.32 Å². The highest BCUT2D eigenvalue weighted by molar-refractivity contribution is 4.73. The van der Waals surface area contributed by atoms with E-state index in [1.165, 1.54) is 0 Å². The number of nitrogens with one attached hydrogen (secondary N) is 1. The maximum atomic E-state index is 3.16. The van der Waals surface area contributed by atoms with Gasteiger partial charge in [-0.1, -0.05) is 0 Å². The SMILES string of the molecule is CNCCN(C)CCN(C)C(C)(C)C. The number of hydrogen-bond acceptors (Lipinski definition) is 3. The third-order valence-electron chi connectivity index (χ3n) is 2.71. The Morgan fingerprint density at radius 1 is 1.00 bits per heavy atom. The average Bonchev–Trinajstić information content (AvgIpc) is 2.09. The molecule has 0 bridgehead atoms.